The highest BCUT2D eigenvalue weighted by atomic mass is 32.2. The van der Waals surface area contributed by atoms with Crippen molar-refractivity contribution in [1.82, 2.24) is 0 Å². The van der Waals surface area contributed by atoms with Crippen molar-refractivity contribution < 1.29 is 0 Å². The molecule has 6 rings (SSSR count). The van der Waals surface area contributed by atoms with Crippen molar-refractivity contribution in [2.75, 3.05) is 0 Å². The Hall–Kier alpha value is -2.33. The molecule has 2 aliphatic heterocycles. The van der Waals surface area contributed by atoms with Gasteiger partial charge in [0.05, 0.1) is 14.6 Å². The summed E-state index contributed by atoms with van der Waals surface area (Å²) in [5, 5.41) is 10.9. The Labute approximate surface area is 255 Å². The second kappa shape index (κ2) is 12.7. The minimum absolute atomic E-state index is 1.000. The predicted molar refractivity (Wildman–Crippen MR) is 188 cm³/mol. The number of hydrogen-bond donors (Lipinski definition) is 0. The lowest BCUT2D eigenvalue weighted by Crippen LogP contribution is -2.32. The summed E-state index contributed by atoms with van der Waals surface area (Å²) in [4.78, 5) is 1.31. The Kier molecular flexibility index (Phi) is 8.82. The Morgan fingerprint density at radius 2 is 1.15 bits per heavy atom. The summed E-state index contributed by atoms with van der Waals surface area (Å²) in [5.41, 5.74) is 5.40. The fourth-order valence-electron chi connectivity index (χ4n) is 5.18. The predicted octanol–water partition coefficient (Wildman–Crippen LogP) is 10.2. The standard InChI is InChI=1S/C35H30PS4/c1-26-23-29(27(2)22-28(26)18-19-33-25-39-35(40-33)34-37-20-21-38-34)24-36(30-12-6-3-7-13-30,31-14-8-4-9-15-31)32-16-10-5-11-17-32/h3-23,25H,24H2,1-2H3/q+1. The third-order valence-corrected chi connectivity index (χ3v) is 16.6. The van der Waals surface area contributed by atoms with E-state index in [-0.39, 0.29) is 0 Å². The molecule has 0 N–H and O–H groups in total. The third-order valence-electron chi connectivity index (χ3n) is 7.22. The largest absolute Gasteiger partial charge is 0.116 e. The van der Waals surface area contributed by atoms with E-state index in [4.69, 9.17) is 0 Å². The maximum atomic E-state index is 2.44. The second-order valence-corrected chi connectivity index (χ2v) is 17.6. The zero-order chi connectivity index (χ0) is 27.4. The zero-order valence-corrected chi connectivity index (χ0v) is 26.6. The second-order valence-electron chi connectivity index (χ2n) is 9.77. The van der Waals surface area contributed by atoms with Crippen LogP contribution in [-0.4, -0.2) is 0 Å². The summed E-state index contributed by atoms with van der Waals surface area (Å²) < 4.78 is 2.79. The highest BCUT2D eigenvalue weighted by molar-refractivity contribution is 8.33. The molecule has 40 heavy (non-hydrogen) atoms. The first-order chi connectivity index (χ1) is 19.6. The van der Waals surface area contributed by atoms with Crippen molar-refractivity contribution in [2.24, 2.45) is 0 Å². The molecule has 2 heterocycles. The van der Waals surface area contributed by atoms with Gasteiger partial charge >= 0.3 is 0 Å². The minimum atomic E-state index is -1.93. The molecular weight excluding hydrogens is 580 g/mol. The van der Waals surface area contributed by atoms with Crippen LogP contribution in [0.15, 0.2) is 139 Å². The van der Waals surface area contributed by atoms with E-state index < -0.39 is 7.26 Å². The van der Waals surface area contributed by atoms with Gasteiger partial charge in [0.25, 0.3) is 0 Å². The molecule has 0 spiro atoms. The normalized spacial score (nSPS) is 15.3. The van der Waals surface area contributed by atoms with Crippen LogP contribution in [0.25, 0.3) is 6.08 Å². The van der Waals surface area contributed by atoms with E-state index >= 15 is 0 Å². The van der Waals surface area contributed by atoms with Crippen molar-refractivity contribution >= 4 is 76.3 Å². The fourth-order valence-corrected chi connectivity index (χ4v) is 13.9. The van der Waals surface area contributed by atoms with Gasteiger partial charge in [0.15, 0.2) is 0 Å². The van der Waals surface area contributed by atoms with Gasteiger partial charge in [-0.25, -0.2) is 0 Å². The molecule has 0 aliphatic carbocycles. The van der Waals surface area contributed by atoms with Crippen molar-refractivity contribution in [3.8, 4) is 0 Å². The van der Waals surface area contributed by atoms with E-state index in [2.05, 4.69) is 145 Å². The summed E-state index contributed by atoms with van der Waals surface area (Å²) in [6.45, 7) is 4.54. The molecule has 0 aromatic heterocycles. The van der Waals surface area contributed by atoms with Gasteiger partial charge in [0.2, 0.25) is 0 Å². The van der Waals surface area contributed by atoms with E-state index in [0.29, 0.717) is 0 Å². The molecule has 0 unspecified atom stereocenters. The Balaban J connectivity index is 1.36. The van der Waals surface area contributed by atoms with Crippen molar-refractivity contribution in [3.63, 3.8) is 0 Å². The highest BCUT2D eigenvalue weighted by Crippen LogP contribution is 2.58. The number of aryl methyl sites for hydroxylation is 2. The molecule has 0 fully saturated rings. The number of hydrogen-bond acceptors (Lipinski definition) is 4. The van der Waals surface area contributed by atoms with Gasteiger partial charge in [-0.15, -0.1) is 0 Å². The van der Waals surface area contributed by atoms with Crippen LogP contribution in [0.5, 0.6) is 0 Å². The SMILES string of the molecule is Cc1cc(C[P+](c2ccccc2)(c2ccccc2)c2ccccc2)c(C)cc1C=CC1=CSC(=C2SC=CS2)S1. The first-order valence-electron chi connectivity index (χ1n) is 13.2. The number of allylic oxidation sites excluding steroid dienone is 1. The molecule has 0 radical (unpaired) electrons. The minimum Gasteiger partial charge on any atom is -0.0884 e. The maximum Gasteiger partial charge on any atom is 0.116 e. The summed E-state index contributed by atoms with van der Waals surface area (Å²) in [6.07, 6.45) is 5.57. The van der Waals surface area contributed by atoms with E-state index in [1.54, 1.807) is 0 Å². The van der Waals surface area contributed by atoms with E-state index in [9.17, 15) is 0 Å². The van der Waals surface area contributed by atoms with Crippen LogP contribution in [0.1, 0.15) is 22.3 Å². The average Bonchev–Trinajstić information content (AvgIpc) is 3.71. The monoisotopic (exact) mass is 609 g/mol. The lowest BCUT2D eigenvalue weighted by Gasteiger charge is -2.28. The van der Waals surface area contributed by atoms with Gasteiger partial charge in [-0.1, -0.05) is 120 Å². The van der Waals surface area contributed by atoms with Gasteiger partial charge in [0.1, 0.15) is 23.2 Å². The number of benzene rings is 4. The third kappa shape index (κ3) is 5.84. The van der Waals surface area contributed by atoms with Gasteiger partial charge in [-0.05, 0) is 94.8 Å². The molecule has 0 atom stereocenters. The zero-order valence-electron chi connectivity index (χ0n) is 22.5. The highest BCUT2D eigenvalue weighted by Gasteiger charge is 2.45. The first kappa shape index (κ1) is 27.8. The molecule has 0 nitrogen and oxygen atoms in total. The van der Waals surface area contributed by atoms with E-state index in [1.807, 2.05) is 47.0 Å². The fraction of sp³-hybridized carbons (Fsp3) is 0.0857. The van der Waals surface area contributed by atoms with Crippen LogP contribution in [-0.2, 0) is 6.16 Å². The summed E-state index contributed by atoms with van der Waals surface area (Å²) >= 11 is 7.38. The van der Waals surface area contributed by atoms with Crippen LogP contribution in [0.2, 0.25) is 0 Å². The van der Waals surface area contributed by atoms with Crippen molar-refractivity contribution in [3.05, 3.63) is 161 Å². The van der Waals surface area contributed by atoms with E-state index in [0.717, 1.165) is 6.16 Å². The van der Waals surface area contributed by atoms with Gasteiger partial charge in [-0.2, -0.15) is 0 Å². The summed E-state index contributed by atoms with van der Waals surface area (Å²) in [6, 6.07) is 38.4. The van der Waals surface area contributed by atoms with Crippen LogP contribution < -0.4 is 15.9 Å². The average molecular weight is 610 g/mol. The first-order valence-corrected chi connectivity index (χ1v) is 18.7. The maximum absolute atomic E-state index is 2.44. The molecule has 4 aromatic rings. The van der Waals surface area contributed by atoms with Gasteiger partial charge in [0, 0.05) is 4.91 Å². The van der Waals surface area contributed by atoms with Crippen LogP contribution >= 0.6 is 54.3 Å². The molecule has 198 valence electrons. The summed E-state index contributed by atoms with van der Waals surface area (Å²) in [5.74, 6) is 0. The Morgan fingerprint density at radius 1 is 0.600 bits per heavy atom. The van der Waals surface area contributed by atoms with Crippen molar-refractivity contribution in [1.29, 1.82) is 0 Å². The topological polar surface area (TPSA) is 0 Å². The molecule has 2 aliphatic rings. The Morgan fingerprint density at radius 3 is 1.70 bits per heavy atom. The summed E-state index contributed by atoms with van der Waals surface area (Å²) in [7, 11) is -1.93. The molecule has 4 aromatic carbocycles. The van der Waals surface area contributed by atoms with Gasteiger partial charge < -0.3 is 0 Å². The molecular formula is C35H30PS4+. The molecule has 5 heteroatoms. The smallest absolute Gasteiger partial charge is 0.0884 e. The lowest BCUT2D eigenvalue weighted by molar-refractivity contribution is 1.25. The lowest BCUT2D eigenvalue weighted by atomic mass is 10.0. The molecule has 0 amide bonds. The van der Waals surface area contributed by atoms with E-state index in [1.165, 1.54) is 51.5 Å². The number of thioether (sulfide) groups is 4. The van der Waals surface area contributed by atoms with Crippen LogP contribution in [0.3, 0.4) is 0 Å². The Bertz CT molecular complexity index is 1510. The van der Waals surface area contributed by atoms with Crippen LogP contribution in [0.4, 0.5) is 0 Å². The van der Waals surface area contributed by atoms with Gasteiger partial charge in [-0.3, -0.25) is 0 Å². The number of rotatable bonds is 7. The molecule has 0 saturated carbocycles. The molecule has 0 bridgehead atoms. The van der Waals surface area contributed by atoms with Crippen molar-refractivity contribution in [2.45, 2.75) is 20.0 Å². The molecule has 0 saturated heterocycles. The van der Waals surface area contributed by atoms with Crippen LogP contribution in [0, 0.1) is 13.8 Å². The quantitative estimate of drug-likeness (QED) is 0.191.